The lowest BCUT2D eigenvalue weighted by Crippen LogP contribution is -2.28. The summed E-state index contributed by atoms with van der Waals surface area (Å²) in [6.45, 7) is 8.84. The molecule has 1 saturated heterocycles. The molecule has 184 valence electrons. The number of carbonyl (C=O) groups is 1. The summed E-state index contributed by atoms with van der Waals surface area (Å²) in [5, 5.41) is 5.44. The van der Waals surface area contributed by atoms with Gasteiger partial charge in [-0.25, -0.2) is 19.7 Å². The Bertz CT molecular complexity index is 1380. The lowest BCUT2D eigenvalue weighted by Gasteiger charge is -2.14. The summed E-state index contributed by atoms with van der Waals surface area (Å²) >= 11 is 0. The number of anilines is 1. The first-order valence-corrected chi connectivity index (χ1v) is 11.8. The van der Waals surface area contributed by atoms with Crippen LogP contribution in [0, 0.1) is 0 Å². The molecule has 1 fully saturated rings. The van der Waals surface area contributed by atoms with Gasteiger partial charge in [0.1, 0.15) is 5.52 Å². The second kappa shape index (κ2) is 10.2. The van der Waals surface area contributed by atoms with Crippen molar-refractivity contribution in [3.8, 4) is 22.5 Å². The number of H-pyrrole nitrogens is 1. The summed E-state index contributed by atoms with van der Waals surface area (Å²) < 4.78 is 5.48. The minimum Gasteiger partial charge on any atom is -0.376 e. The smallest absolute Gasteiger partial charge is 0.321 e. The van der Waals surface area contributed by atoms with Crippen molar-refractivity contribution in [2.75, 3.05) is 32.1 Å². The molecule has 0 saturated carbocycles. The van der Waals surface area contributed by atoms with Gasteiger partial charge in [-0.2, -0.15) is 0 Å². The SMILES string of the molecule is C=C1CN(Cc2ccc(-c3cc(-c4ncccn4)c4nc(NC(=O)NCC)[nH]c4c3)cn2)C[C@@H]1OC. The van der Waals surface area contributed by atoms with Crippen LogP contribution in [0.25, 0.3) is 33.5 Å². The summed E-state index contributed by atoms with van der Waals surface area (Å²) in [4.78, 5) is 35.6. The van der Waals surface area contributed by atoms with Crippen LogP contribution in [0.1, 0.15) is 12.6 Å². The molecule has 2 amide bonds. The van der Waals surface area contributed by atoms with Crippen LogP contribution in [0.15, 0.2) is 61.1 Å². The van der Waals surface area contributed by atoms with Crippen molar-refractivity contribution >= 4 is 23.0 Å². The Morgan fingerprint density at radius 3 is 2.75 bits per heavy atom. The zero-order valence-electron chi connectivity index (χ0n) is 20.3. The summed E-state index contributed by atoms with van der Waals surface area (Å²) in [6, 6.07) is 9.52. The number of benzene rings is 1. The molecule has 36 heavy (non-hydrogen) atoms. The molecular weight excluding hydrogens is 456 g/mol. The molecule has 1 aliphatic rings. The van der Waals surface area contributed by atoms with Crippen LogP contribution in [-0.4, -0.2) is 68.7 Å². The van der Waals surface area contributed by atoms with Crippen LogP contribution in [0.2, 0.25) is 0 Å². The zero-order valence-corrected chi connectivity index (χ0v) is 20.3. The Kier molecular flexibility index (Phi) is 6.70. The average Bonchev–Trinajstić information content (AvgIpc) is 3.46. The zero-order chi connectivity index (χ0) is 25.1. The van der Waals surface area contributed by atoms with Crippen molar-refractivity contribution < 1.29 is 9.53 Å². The van der Waals surface area contributed by atoms with Gasteiger partial charge in [-0.15, -0.1) is 0 Å². The van der Waals surface area contributed by atoms with Crippen molar-refractivity contribution in [1.82, 2.24) is 35.1 Å². The number of pyridine rings is 1. The van der Waals surface area contributed by atoms with E-state index in [9.17, 15) is 4.79 Å². The van der Waals surface area contributed by atoms with E-state index in [1.54, 1.807) is 25.6 Å². The topological polar surface area (TPSA) is 121 Å². The normalized spacial score (nSPS) is 15.9. The van der Waals surface area contributed by atoms with Gasteiger partial charge >= 0.3 is 6.03 Å². The fourth-order valence-corrected chi connectivity index (χ4v) is 4.36. The fourth-order valence-electron chi connectivity index (χ4n) is 4.36. The largest absolute Gasteiger partial charge is 0.376 e. The number of urea groups is 1. The molecule has 0 bridgehead atoms. The molecule has 3 aromatic heterocycles. The fraction of sp³-hybridized carbons (Fsp3) is 0.269. The van der Waals surface area contributed by atoms with E-state index in [1.807, 2.05) is 31.3 Å². The van der Waals surface area contributed by atoms with Gasteiger partial charge in [0.2, 0.25) is 5.95 Å². The number of carbonyl (C=O) groups excluding carboxylic acids is 1. The minimum atomic E-state index is -0.326. The van der Waals surface area contributed by atoms with E-state index in [1.165, 1.54) is 0 Å². The summed E-state index contributed by atoms with van der Waals surface area (Å²) in [6.07, 6.45) is 5.34. The lowest BCUT2D eigenvalue weighted by molar-refractivity contribution is 0.125. The maximum Gasteiger partial charge on any atom is 0.321 e. The van der Waals surface area contributed by atoms with Crippen molar-refractivity contribution in [3.63, 3.8) is 0 Å². The lowest BCUT2D eigenvalue weighted by atomic mass is 10.0. The summed E-state index contributed by atoms with van der Waals surface area (Å²) in [5.74, 6) is 0.896. The van der Waals surface area contributed by atoms with E-state index in [2.05, 4.69) is 48.1 Å². The van der Waals surface area contributed by atoms with Gasteiger partial charge in [-0.05, 0) is 42.3 Å². The number of hydrogen-bond donors (Lipinski definition) is 3. The molecule has 0 spiro atoms. The number of amides is 2. The van der Waals surface area contributed by atoms with Crippen molar-refractivity contribution in [1.29, 1.82) is 0 Å². The first-order chi connectivity index (χ1) is 17.5. The van der Waals surface area contributed by atoms with Gasteiger partial charge in [-0.3, -0.25) is 15.2 Å². The van der Waals surface area contributed by atoms with Crippen LogP contribution in [-0.2, 0) is 11.3 Å². The Labute approximate surface area is 208 Å². The molecule has 4 aromatic rings. The third-order valence-electron chi connectivity index (χ3n) is 6.10. The molecule has 1 atom stereocenters. The number of fused-ring (bicyclic) bond motifs is 1. The highest BCUT2D eigenvalue weighted by Gasteiger charge is 2.25. The maximum atomic E-state index is 12.0. The van der Waals surface area contributed by atoms with Gasteiger partial charge in [0.05, 0.1) is 17.3 Å². The summed E-state index contributed by atoms with van der Waals surface area (Å²) in [5.41, 5.74) is 6.14. The Morgan fingerprint density at radius 2 is 2.06 bits per heavy atom. The minimum absolute atomic E-state index is 0.0801. The van der Waals surface area contributed by atoms with E-state index >= 15 is 0 Å². The van der Waals surface area contributed by atoms with E-state index in [4.69, 9.17) is 9.72 Å². The second-order valence-corrected chi connectivity index (χ2v) is 8.65. The molecule has 10 heteroatoms. The molecule has 0 unspecified atom stereocenters. The number of hydrogen-bond acceptors (Lipinski definition) is 7. The van der Waals surface area contributed by atoms with Crippen LogP contribution in [0.4, 0.5) is 10.7 Å². The predicted octanol–water partition coefficient (Wildman–Crippen LogP) is 3.61. The molecule has 10 nitrogen and oxygen atoms in total. The molecule has 0 radical (unpaired) electrons. The number of nitrogens with zero attached hydrogens (tertiary/aromatic N) is 5. The third-order valence-corrected chi connectivity index (χ3v) is 6.10. The van der Waals surface area contributed by atoms with Crippen LogP contribution < -0.4 is 10.6 Å². The van der Waals surface area contributed by atoms with Gasteiger partial charge in [0.25, 0.3) is 0 Å². The van der Waals surface area contributed by atoms with Crippen LogP contribution in [0.5, 0.6) is 0 Å². The van der Waals surface area contributed by atoms with E-state index in [0.29, 0.717) is 23.8 Å². The van der Waals surface area contributed by atoms with Gasteiger partial charge in [0, 0.05) is 63.0 Å². The monoisotopic (exact) mass is 484 g/mol. The third kappa shape index (κ3) is 4.95. The van der Waals surface area contributed by atoms with Crippen LogP contribution in [0.3, 0.4) is 0 Å². The average molecular weight is 485 g/mol. The van der Waals surface area contributed by atoms with E-state index in [-0.39, 0.29) is 12.1 Å². The highest BCUT2D eigenvalue weighted by Crippen LogP contribution is 2.32. The van der Waals surface area contributed by atoms with E-state index < -0.39 is 0 Å². The molecule has 4 heterocycles. The number of imidazole rings is 1. The number of ether oxygens (including phenoxy) is 1. The maximum absolute atomic E-state index is 12.0. The van der Waals surface area contributed by atoms with Gasteiger partial charge < -0.3 is 15.0 Å². The molecule has 1 aromatic carbocycles. The number of aromatic nitrogens is 5. The molecule has 3 N–H and O–H groups in total. The summed E-state index contributed by atoms with van der Waals surface area (Å²) in [7, 11) is 1.72. The number of methoxy groups -OCH3 is 1. The number of nitrogens with one attached hydrogen (secondary N) is 3. The van der Waals surface area contributed by atoms with Gasteiger partial charge in [0.15, 0.2) is 5.82 Å². The van der Waals surface area contributed by atoms with Crippen LogP contribution >= 0.6 is 0 Å². The van der Waals surface area contributed by atoms with Crippen molar-refractivity contribution in [2.24, 2.45) is 0 Å². The number of likely N-dealkylation sites (tertiary alicyclic amines) is 1. The molecular formula is C26H28N8O2. The number of rotatable bonds is 7. The first kappa shape index (κ1) is 23.6. The predicted molar refractivity (Wildman–Crippen MR) is 138 cm³/mol. The van der Waals surface area contributed by atoms with Crippen molar-refractivity contribution in [3.05, 3.63) is 66.8 Å². The standard InChI is InChI=1S/C26H28N8O2/c1-4-27-26(35)33-25-31-21-11-18(10-20(23(21)32-25)24-28-8-5-9-29-24)17-6-7-19(30-12-17)14-34-13-16(2)22(15-34)36-3/h5-12,22H,2,4,13-15H2,1,3H3,(H3,27,31,32,33,35)/t22-/m0/s1. The quantitative estimate of drug-likeness (QED) is 0.343. The van der Waals surface area contributed by atoms with Gasteiger partial charge in [-0.1, -0.05) is 12.6 Å². The number of aromatic amines is 1. The highest BCUT2D eigenvalue weighted by atomic mass is 16.5. The molecule has 0 aliphatic carbocycles. The van der Waals surface area contributed by atoms with E-state index in [0.717, 1.165) is 53.1 Å². The Hall–Kier alpha value is -4.15. The first-order valence-electron chi connectivity index (χ1n) is 11.8. The Balaban J connectivity index is 1.45. The molecule has 5 rings (SSSR count). The molecule has 1 aliphatic heterocycles. The second-order valence-electron chi connectivity index (χ2n) is 8.65. The highest BCUT2D eigenvalue weighted by molar-refractivity contribution is 5.97. The Morgan fingerprint density at radius 1 is 1.22 bits per heavy atom. The van der Waals surface area contributed by atoms with Crippen molar-refractivity contribution in [2.45, 2.75) is 19.6 Å².